The van der Waals surface area contributed by atoms with Gasteiger partial charge in [0.1, 0.15) is 0 Å². The van der Waals surface area contributed by atoms with Gasteiger partial charge in [0.05, 0.1) is 0 Å². The molecule has 2 aliphatic carbocycles. The molecule has 0 saturated heterocycles. The summed E-state index contributed by atoms with van der Waals surface area (Å²) in [4.78, 5) is 2.41. The van der Waals surface area contributed by atoms with Crippen LogP contribution in [-0.4, -0.2) is 25.5 Å². The van der Waals surface area contributed by atoms with Crippen LogP contribution in [0, 0.1) is 11.8 Å². The summed E-state index contributed by atoms with van der Waals surface area (Å²) in [7, 11) is 4.48. The van der Waals surface area contributed by atoms with Crippen LogP contribution in [0.1, 0.15) is 56.9 Å². The van der Waals surface area contributed by atoms with E-state index in [0.717, 1.165) is 16.9 Å². The van der Waals surface area contributed by atoms with E-state index in [1.165, 1.54) is 57.9 Å². The zero-order chi connectivity index (χ0) is 15.6. The van der Waals surface area contributed by atoms with E-state index in [4.69, 9.17) is 11.6 Å². The molecule has 1 unspecified atom stereocenters. The molecule has 1 aromatic carbocycles. The quantitative estimate of drug-likeness (QED) is 0.690. The van der Waals surface area contributed by atoms with Crippen LogP contribution >= 0.6 is 11.6 Å². The molecule has 1 aromatic rings. The van der Waals surface area contributed by atoms with Gasteiger partial charge in [0.25, 0.3) is 0 Å². The summed E-state index contributed by atoms with van der Waals surface area (Å²) in [5.74, 6) is 1.71. The Morgan fingerprint density at radius 2 is 1.68 bits per heavy atom. The van der Waals surface area contributed by atoms with Crippen LogP contribution in [0.25, 0.3) is 0 Å². The first-order chi connectivity index (χ1) is 10.6. The lowest BCUT2D eigenvalue weighted by Crippen LogP contribution is -2.49. The molecule has 1 nitrogen and oxygen atoms in total. The lowest BCUT2D eigenvalue weighted by molar-refractivity contribution is 0.0543. The van der Waals surface area contributed by atoms with Crippen molar-refractivity contribution in [2.75, 3.05) is 20.6 Å². The van der Waals surface area contributed by atoms with Crippen molar-refractivity contribution in [1.82, 2.24) is 4.90 Å². The molecule has 2 heteroatoms. The van der Waals surface area contributed by atoms with Crippen LogP contribution in [0.3, 0.4) is 0 Å². The second-order valence-corrected chi connectivity index (χ2v) is 8.22. The minimum atomic E-state index is 0.414. The van der Waals surface area contributed by atoms with Gasteiger partial charge in [-0.1, -0.05) is 62.3 Å². The lowest BCUT2D eigenvalue weighted by Gasteiger charge is -2.53. The average Bonchev–Trinajstić information content (AvgIpc) is 2.47. The van der Waals surface area contributed by atoms with Crippen molar-refractivity contribution in [1.29, 1.82) is 0 Å². The van der Waals surface area contributed by atoms with Crippen LogP contribution in [0.2, 0.25) is 5.02 Å². The summed E-state index contributed by atoms with van der Waals surface area (Å²) in [5.41, 5.74) is 1.96. The van der Waals surface area contributed by atoms with Gasteiger partial charge in [-0.2, -0.15) is 0 Å². The van der Waals surface area contributed by atoms with Crippen LogP contribution in [-0.2, 0) is 5.41 Å². The molecule has 2 fully saturated rings. The molecule has 0 spiro atoms. The third-order valence-electron chi connectivity index (χ3n) is 6.16. The molecular weight excluding hydrogens is 290 g/mol. The van der Waals surface area contributed by atoms with Crippen molar-refractivity contribution in [2.24, 2.45) is 11.8 Å². The highest BCUT2D eigenvalue weighted by Crippen LogP contribution is 2.54. The van der Waals surface area contributed by atoms with E-state index in [2.05, 4.69) is 43.3 Å². The predicted molar refractivity (Wildman–Crippen MR) is 95.6 cm³/mol. The van der Waals surface area contributed by atoms with E-state index in [1.807, 2.05) is 0 Å². The third kappa shape index (κ3) is 3.21. The van der Waals surface area contributed by atoms with Gasteiger partial charge < -0.3 is 4.90 Å². The molecular formula is C20H30ClN. The Balaban J connectivity index is 1.90. The molecule has 0 heterocycles. The smallest absolute Gasteiger partial charge is 0.0406 e. The minimum absolute atomic E-state index is 0.414. The average molecular weight is 320 g/mol. The van der Waals surface area contributed by atoms with Gasteiger partial charge >= 0.3 is 0 Å². The second-order valence-electron chi connectivity index (χ2n) is 7.78. The van der Waals surface area contributed by atoms with E-state index in [1.54, 1.807) is 5.56 Å². The van der Waals surface area contributed by atoms with Gasteiger partial charge in [-0.25, -0.2) is 0 Å². The van der Waals surface area contributed by atoms with E-state index in [0.29, 0.717) is 5.41 Å². The van der Waals surface area contributed by atoms with Crippen molar-refractivity contribution in [2.45, 2.75) is 56.8 Å². The zero-order valence-corrected chi connectivity index (χ0v) is 14.9. The molecule has 0 aliphatic heterocycles. The fraction of sp³-hybridized carbons (Fsp3) is 0.700. The highest BCUT2D eigenvalue weighted by molar-refractivity contribution is 6.30. The Kier molecular flexibility index (Phi) is 5.14. The maximum Gasteiger partial charge on any atom is 0.0406 e. The fourth-order valence-corrected chi connectivity index (χ4v) is 5.04. The number of rotatable bonds is 5. The summed E-state index contributed by atoms with van der Waals surface area (Å²) < 4.78 is 0. The van der Waals surface area contributed by atoms with Crippen LogP contribution in [0.4, 0.5) is 0 Å². The lowest BCUT2D eigenvalue weighted by atomic mass is 9.53. The largest absolute Gasteiger partial charge is 0.309 e. The number of halogens is 1. The molecule has 2 saturated carbocycles. The van der Waals surface area contributed by atoms with Gasteiger partial charge in [-0.3, -0.25) is 0 Å². The van der Waals surface area contributed by atoms with Crippen LogP contribution in [0.15, 0.2) is 24.3 Å². The van der Waals surface area contributed by atoms with Crippen molar-refractivity contribution >= 4 is 11.6 Å². The fourth-order valence-electron chi connectivity index (χ4n) is 4.92. The number of benzene rings is 1. The van der Waals surface area contributed by atoms with Gasteiger partial charge in [-0.15, -0.1) is 0 Å². The summed E-state index contributed by atoms with van der Waals surface area (Å²) in [6, 6.07) is 8.77. The predicted octanol–water partition coefficient (Wildman–Crippen LogP) is 5.52. The van der Waals surface area contributed by atoms with E-state index < -0.39 is 0 Å². The molecule has 122 valence electrons. The SMILES string of the molecule is CN(C)CC(C1CCCCC1)C1(c2ccc(Cl)cc2)CCC1. The number of nitrogens with zero attached hydrogens (tertiary/aromatic N) is 1. The van der Waals surface area contributed by atoms with Crippen molar-refractivity contribution in [3.05, 3.63) is 34.9 Å². The Morgan fingerprint density at radius 3 is 2.18 bits per heavy atom. The first kappa shape index (κ1) is 16.3. The Hall–Kier alpha value is -0.530. The first-order valence-electron chi connectivity index (χ1n) is 9.02. The monoisotopic (exact) mass is 319 g/mol. The van der Waals surface area contributed by atoms with Crippen LogP contribution in [0.5, 0.6) is 0 Å². The minimum Gasteiger partial charge on any atom is -0.309 e. The molecule has 1 atom stereocenters. The molecule has 0 amide bonds. The Labute approximate surface area is 141 Å². The van der Waals surface area contributed by atoms with E-state index >= 15 is 0 Å². The summed E-state index contributed by atoms with van der Waals surface area (Å²) in [5, 5.41) is 0.861. The first-order valence-corrected chi connectivity index (χ1v) is 9.40. The standard InChI is InChI=1S/C20H30ClN/c1-22(2)15-19(16-7-4-3-5-8-16)20(13-6-14-20)17-9-11-18(21)12-10-17/h9-12,16,19H,3-8,13-15H2,1-2H3. The summed E-state index contributed by atoms with van der Waals surface area (Å²) >= 11 is 6.13. The molecule has 0 radical (unpaired) electrons. The van der Waals surface area contributed by atoms with Crippen molar-refractivity contribution in [3.8, 4) is 0 Å². The zero-order valence-electron chi connectivity index (χ0n) is 14.2. The topological polar surface area (TPSA) is 3.24 Å². The van der Waals surface area contributed by atoms with Gasteiger partial charge in [-0.05, 0) is 61.9 Å². The molecule has 3 rings (SSSR count). The van der Waals surface area contributed by atoms with Gasteiger partial charge in [0.15, 0.2) is 0 Å². The number of hydrogen-bond donors (Lipinski definition) is 0. The maximum absolute atomic E-state index is 6.13. The highest BCUT2D eigenvalue weighted by Gasteiger charge is 2.48. The molecule has 0 bridgehead atoms. The normalized spacial score (nSPS) is 23.3. The third-order valence-corrected chi connectivity index (χ3v) is 6.41. The van der Waals surface area contributed by atoms with E-state index in [-0.39, 0.29) is 0 Å². The van der Waals surface area contributed by atoms with Gasteiger partial charge in [0, 0.05) is 11.6 Å². The molecule has 22 heavy (non-hydrogen) atoms. The molecule has 2 aliphatic rings. The van der Waals surface area contributed by atoms with Crippen molar-refractivity contribution in [3.63, 3.8) is 0 Å². The Bertz CT molecular complexity index is 469. The van der Waals surface area contributed by atoms with Gasteiger partial charge in [0.2, 0.25) is 0 Å². The maximum atomic E-state index is 6.13. The molecule has 0 N–H and O–H groups in total. The molecule has 0 aromatic heterocycles. The number of hydrogen-bond acceptors (Lipinski definition) is 1. The summed E-state index contributed by atoms with van der Waals surface area (Å²) in [6.45, 7) is 1.23. The van der Waals surface area contributed by atoms with Crippen molar-refractivity contribution < 1.29 is 0 Å². The van der Waals surface area contributed by atoms with Crippen LogP contribution < -0.4 is 0 Å². The Morgan fingerprint density at radius 1 is 1.05 bits per heavy atom. The summed E-state index contributed by atoms with van der Waals surface area (Å²) in [6.07, 6.45) is 11.3. The van der Waals surface area contributed by atoms with E-state index in [9.17, 15) is 0 Å². The highest BCUT2D eigenvalue weighted by atomic mass is 35.5. The second kappa shape index (κ2) is 6.93.